The number of benzene rings is 2. The van der Waals surface area contributed by atoms with E-state index in [-0.39, 0.29) is 11.6 Å². The number of hydrogen-bond acceptors (Lipinski definition) is 5. The topological polar surface area (TPSA) is 83.6 Å². The lowest BCUT2D eigenvalue weighted by Gasteiger charge is -2.08. The molecule has 0 spiro atoms. The van der Waals surface area contributed by atoms with Crippen molar-refractivity contribution in [1.82, 2.24) is 4.57 Å². The summed E-state index contributed by atoms with van der Waals surface area (Å²) in [4.78, 5) is 22.4. The third-order valence-electron chi connectivity index (χ3n) is 4.03. The molecule has 7 nitrogen and oxygen atoms in total. The largest absolute Gasteiger partial charge is 0.497 e. The van der Waals surface area contributed by atoms with Crippen LogP contribution in [-0.2, 0) is 0 Å². The van der Waals surface area contributed by atoms with E-state index < -0.39 is 4.92 Å². The Morgan fingerprint density at radius 2 is 1.80 bits per heavy atom. The van der Waals surface area contributed by atoms with Crippen molar-refractivity contribution >= 4 is 22.5 Å². The van der Waals surface area contributed by atoms with Gasteiger partial charge < -0.3 is 9.47 Å². The van der Waals surface area contributed by atoms with Gasteiger partial charge in [0.25, 0.3) is 5.69 Å². The number of aromatic nitrogens is 1. The third-order valence-corrected chi connectivity index (χ3v) is 4.03. The molecule has 0 radical (unpaired) electrons. The molecule has 0 N–H and O–H groups in total. The van der Waals surface area contributed by atoms with E-state index in [4.69, 9.17) is 9.47 Å². The van der Waals surface area contributed by atoms with Crippen LogP contribution in [0, 0.1) is 10.1 Å². The molecule has 25 heavy (non-hydrogen) atoms. The molecule has 1 aromatic heterocycles. The van der Waals surface area contributed by atoms with Crippen molar-refractivity contribution in [3.05, 3.63) is 52.7 Å². The summed E-state index contributed by atoms with van der Waals surface area (Å²) in [5, 5.41) is 11.6. The Bertz CT molecular complexity index is 973. The molecule has 0 amide bonds. The predicted molar refractivity (Wildman–Crippen MR) is 93.4 cm³/mol. The van der Waals surface area contributed by atoms with Gasteiger partial charge in [-0.15, -0.1) is 0 Å². The first kappa shape index (κ1) is 16.5. The number of hydrogen-bond donors (Lipinski definition) is 0. The molecule has 7 heteroatoms. The molecule has 0 aliphatic heterocycles. The van der Waals surface area contributed by atoms with E-state index in [1.54, 1.807) is 44.7 Å². The van der Waals surface area contributed by atoms with E-state index in [1.807, 2.05) is 0 Å². The molecule has 3 rings (SSSR count). The standard InChI is InChI=1S/C18H16N2O5/c1-11(21)19-10-15(12-4-6-13(7-5-12)20(22)23)18-16(19)8-14(24-2)9-17(18)25-3/h4-10H,1-3H3. The fourth-order valence-corrected chi connectivity index (χ4v) is 2.82. The molecule has 0 aliphatic carbocycles. The number of ether oxygens (including phenoxy) is 2. The number of nitro benzene ring substituents is 1. The molecule has 0 unspecified atom stereocenters. The first-order valence-corrected chi connectivity index (χ1v) is 7.49. The van der Waals surface area contributed by atoms with Crippen molar-refractivity contribution in [2.24, 2.45) is 0 Å². The summed E-state index contributed by atoms with van der Waals surface area (Å²) in [6.07, 6.45) is 1.70. The maximum atomic E-state index is 12.0. The number of fused-ring (bicyclic) bond motifs is 1. The molecule has 128 valence electrons. The van der Waals surface area contributed by atoms with E-state index in [2.05, 4.69) is 0 Å². The van der Waals surface area contributed by atoms with Crippen LogP contribution >= 0.6 is 0 Å². The molecular formula is C18H16N2O5. The Morgan fingerprint density at radius 3 is 2.32 bits per heavy atom. The van der Waals surface area contributed by atoms with Crippen LogP contribution in [-0.4, -0.2) is 29.6 Å². The van der Waals surface area contributed by atoms with Gasteiger partial charge in [0.15, 0.2) is 0 Å². The summed E-state index contributed by atoms with van der Waals surface area (Å²) in [5.74, 6) is 0.969. The van der Waals surface area contributed by atoms with E-state index in [0.29, 0.717) is 17.0 Å². The van der Waals surface area contributed by atoms with Crippen LogP contribution in [0.25, 0.3) is 22.0 Å². The molecule has 0 aliphatic rings. The summed E-state index contributed by atoms with van der Waals surface area (Å²) >= 11 is 0. The average Bonchev–Trinajstić information content (AvgIpc) is 3.00. The van der Waals surface area contributed by atoms with Crippen molar-refractivity contribution in [3.63, 3.8) is 0 Å². The minimum atomic E-state index is -0.450. The molecule has 2 aromatic carbocycles. The second-order valence-corrected chi connectivity index (χ2v) is 5.46. The van der Waals surface area contributed by atoms with Crippen LogP contribution in [0.1, 0.15) is 11.7 Å². The lowest BCUT2D eigenvalue weighted by Crippen LogP contribution is -2.03. The second kappa shape index (κ2) is 6.27. The van der Waals surface area contributed by atoms with Crippen LogP contribution in [0.3, 0.4) is 0 Å². The summed E-state index contributed by atoms with van der Waals surface area (Å²) in [6, 6.07) is 9.67. The number of non-ortho nitro benzene ring substituents is 1. The third kappa shape index (κ3) is 2.80. The van der Waals surface area contributed by atoms with Crippen LogP contribution in [0.2, 0.25) is 0 Å². The Kier molecular flexibility index (Phi) is 4.14. The fourth-order valence-electron chi connectivity index (χ4n) is 2.82. The maximum absolute atomic E-state index is 12.0. The van der Waals surface area contributed by atoms with Crippen LogP contribution in [0.5, 0.6) is 11.5 Å². The number of rotatable bonds is 4. The van der Waals surface area contributed by atoms with Gasteiger partial charge in [0, 0.05) is 42.9 Å². The SMILES string of the molecule is COc1cc(OC)c2c(-c3ccc([N+](=O)[O-])cc3)cn(C(C)=O)c2c1. The molecule has 3 aromatic rings. The minimum absolute atomic E-state index is 0.00712. The second-order valence-electron chi connectivity index (χ2n) is 5.46. The van der Waals surface area contributed by atoms with Crippen molar-refractivity contribution < 1.29 is 19.2 Å². The first-order valence-electron chi connectivity index (χ1n) is 7.49. The van der Waals surface area contributed by atoms with Gasteiger partial charge in [0.1, 0.15) is 11.5 Å². The Balaban J connectivity index is 2.31. The summed E-state index contributed by atoms with van der Waals surface area (Å²) < 4.78 is 12.3. The average molecular weight is 340 g/mol. The van der Waals surface area contributed by atoms with Crippen molar-refractivity contribution in [3.8, 4) is 22.6 Å². The van der Waals surface area contributed by atoms with Gasteiger partial charge in [0.2, 0.25) is 5.91 Å². The number of carbonyl (C=O) groups excluding carboxylic acids is 1. The Labute approximate surface area is 143 Å². The molecule has 1 heterocycles. The highest BCUT2D eigenvalue weighted by Gasteiger charge is 2.19. The van der Waals surface area contributed by atoms with Crippen LogP contribution in [0.4, 0.5) is 5.69 Å². The Hall–Kier alpha value is -3.35. The van der Waals surface area contributed by atoms with Gasteiger partial charge in [-0.25, -0.2) is 0 Å². The monoisotopic (exact) mass is 340 g/mol. The number of nitrogens with zero attached hydrogens (tertiary/aromatic N) is 2. The number of nitro groups is 1. The van der Waals surface area contributed by atoms with Gasteiger partial charge in [-0.1, -0.05) is 0 Å². The van der Waals surface area contributed by atoms with Gasteiger partial charge in [-0.2, -0.15) is 0 Å². The zero-order valence-corrected chi connectivity index (χ0v) is 14.0. The van der Waals surface area contributed by atoms with E-state index in [9.17, 15) is 14.9 Å². The van der Waals surface area contributed by atoms with Crippen LogP contribution in [0.15, 0.2) is 42.6 Å². The molecule has 0 atom stereocenters. The van der Waals surface area contributed by atoms with Gasteiger partial charge in [-0.05, 0) is 17.7 Å². The summed E-state index contributed by atoms with van der Waals surface area (Å²) in [5.41, 5.74) is 2.16. The molecule has 0 bridgehead atoms. The zero-order chi connectivity index (χ0) is 18.1. The van der Waals surface area contributed by atoms with Gasteiger partial charge in [0.05, 0.1) is 30.0 Å². The summed E-state index contributed by atoms with van der Waals surface area (Å²) in [7, 11) is 3.08. The fraction of sp³-hybridized carbons (Fsp3) is 0.167. The molecular weight excluding hydrogens is 324 g/mol. The zero-order valence-electron chi connectivity index (χ0n) is 14.0. The lowest BCUT2D eigenvalue weighted by atomic mass is 10.0. The quantitative estimate of drug-likeness (QED) is 0.531. The first-order chi connectivity index (χ1) is 12.0. The maximum Gasteiger partial charge on any atom is 0.269 e. The highest BCUT2D eigenvalue weighted by Crippen LogP contribution is 2.40. The highest BCUT2D eigenvalue weighted by atomic mass is 16.6. The predicted octanol–water partition coefficient (Wildman–Crippen LogP) is 3.89. The van der Waals surface area contributed by atoms with Crippen LogP contribution < -0.4 is 9.47 Å². The Morgan fingerprint density at radius 1 is 1.12 bits per heavy atom. The molecule has 0 saturated heterocycles. The molecule has 0 fully saturated rings. The molecule has 0 saturated carbocycles. The van der Waals surface area contributed by atoms with E-state index in [0.717, 1.165) is 16.5 Å². The van der Waals surface area contributed by atoms with Gasteiger partial charge in [-0.3, -0.25) is 19.5 Å². The van der Waals surface area contributed by atoms with Gasteiger partial charge >= 0.3 is 0 Å². The lowest BCUT2D eigenvalue weighted by molar-refractivity contribution is -0.384. The van der Waals surface area contributed by atoms with Crippen molar-refractivity contribution in [2.45, 2.75) is 6.92 Å². The highest BCUT2D eigenvalue weighted by molar-refractivity contribution is 6.05. The minimum Gasteiger partial charge on any atom is -0.497 e. The summed E-state index contributed by atoms with van der Waals surface area (Å²) in [6.45, 7) is 1.46. The number of carbonyl (C=O) groups is 1. The van der Waals surface area contributed by atoms with E-state index >= 15 is 0 Å². The van der Waals surface area contributed by atoms with Crippen molar-refractivity contribution in [2.75, 3.05) is 14.2 Å². The normalized spacial score (nSPS) is 10.7. The number of methoxy groups -OCH3 is 2. The van der Waals surface area contributed by atoms with E-state index in [1.165, 1.54) is 23.6 Å². The van der Waals surface area contributed by atoms with Crippen molar-refractivity contribution in [1.29, 1.82) is 0 Å². The smallest absolute Gasteiger partial charge is 0.269 e.